The maximum atomic E-state index is 3.38. The smallest absolute Gasteiger partial charge is 0.0701 e. The minimum atomic E-state index is 1.19. The molecule has 7 aromatic rings. The molecule has 0 bridgehead atoms. The molecule has 5 heterocycles. The molecule has 0 N–H and O–H groups in total. The predicted molar refractivity (Wildman–Crippen MR) is 227 cm³/mol. The van der Waals surface area contributed by atoms with Crippen molar-refractivity contribution in [3.63, 3.8) is 0 Å². The van der Waals surface area contributed by atoms with Crippen LogP contribution in [0.15, 0.2) is 114 Å². The van der Waals surface area contributed by atoms with Gasteiger partial charge in [0.15, 0.2) is 0 Å². The second-order valence-electron chi connectivity index (χ2n) is 10.3. The number of fused-ring (bicyclic) bond motifs is 1. The summed E-state index contributed by atoms with van der Waals surface area (Å²) in [6, 6.07) is 29.7. The van der Waals surface area contributed by atoms with E-state index in [2.05, 4.69) is 204 Å². The molecule has 0 fully saturated rings. The van der Waals surface area contributed by atoms with Crippen LogP contribution >= 0.6 is 104 Å². The topological polar surface area (TPSA) is 0 Å². The van der Waals surface area contributed by atoms with Gasteiger partial charge in [0, 0.05) is 43.4 Å². The van der Waals surface area contributed by atoms with Gasteiger partial charge in [-0.2, -0.15) is 0 Å². The molecule has 8 heteroatoms. The van der Waals surface area contributed by atoms with Crippen molar-refractivity contribution in [2.24, 2.45) is 0 Å². The second-order valence-corrected chi connectivity index (χ2v) is 19.4. The van der Waals surface area contributed by atoms with Gasteiger partial charge in [0.1, 0.15) is 0 Å². The van der Waals surface area contributed by atoms with Gasteiger partial charge < -0.3 is 0 Å². The van der Waals surface area contributed by atoms with Crippen LogP contribution < -0.4 is 0 Å². The van der Waals surface area contributed by atoms with Gasteiger partial charge >= 0.3 is 0 Å². The third kappa shape index (κ3) is 17.2. The number of halogens is 3. The Balaban J connectivity index is 0.000000194. The molecule has 0 saturated heterocycles. The monoisotopic (exact) mass is 894 g/mol. The van der Waals surface area contributed by atoms with E-state index in [4.69, 9.17) is 0 Å². The SMILES string of the molecule is Cc1cc(Br)cs1.Cc1cc2ccccc2s1.Cc1ccc(Br)s1.Cc1ccc(C)c(C)c1.Cc1cccs1.Cc1sccc1Br. The maximum absolute atomic E-state index is 3.38. The minimum Gasteiger partial charge on any atom is -0.149 e. The van der Waals surface area contributed by atoms with E-state index in [-0.39, 0.29) is 0 Å². The third-order valence-electron chi connectivity index (χ3n) is 6.08. The molecular weight excluding hydrogens is 856 g/mol. The maximum Gasteiger partial charge on any atom is 0.0701 e. The van der Waals surface area contributed by atoms with Crippen LogP contribution in [0.4, 0.5) is 0 Å². The van der Waals surface area contributed by atoms with Gasteiger partial charge in [-0.1, -0.05) is 48.0 Å². The van der Waals surface area contributed by atoms with Crippen molar-refractivity contribution in [2.45, 2.75) is 55.4 Å². The Morgan fingerprint density at radius 1 is 0.500 bits per heavy atom. The largest absolute Gasteiger partial charge is 0.149 e. The van der Waals surface area contributed by atoms with Crippen molar-refractivity contribution in [1.82, 2.24) is 0 Å². The molecule has 0 nitrogen and oxygen atoms in total. The van der Waals surface area contributed by atoms with Gasteiger partial charge in [-0.3, -0.25) is 0 Å². The van der Waals surface area contributed by atoms with Crippen LogP contribution in [0.3, 0.4) is 0 Å². The lowest BCUT2D eigenvalue weighted by Crippen LogP contribution is -1.79. The average Bonchev–Trinajstić information content (AvgIpc) is 3.85. The van der Waals surface area contributed by atoms with Crippen molar-refractivity contribution < 1.29 is 0 Å². The fourth-order valence-corrected chi connectivity index (χ4v) is 9.00. The average molecular weight is 898 g/mol. The molecule has 0 spiro atoms. The molecule has 0 amide bonds. The number of aryl methyl sites for hydroxylation is 8. The van der Waals surface area contributed by atoms with Crippen molar-refractivity contribution in [3.8, 4) is 0 Å². The number of rotatable bonds is 0. The number of hydrogen-bond acceptors (Lipinski definition) is 5. The van der Waals surface area contributed by atoms with Crippen LogP contribution in [-0.4, -0.2) is 0 Å². The minimum absolute atomic E-state index is 1.19. The first-order valence-electron chi connectivity index (χ1n) is 14.4. The summed E-state index contributed by atoms with van der Waals surface area (Å²) in [6.07, 6.45) is 0. The lowest BCUT2D eigenvalue weighted by Gasteiger charge is -1.98. The fraction of sp³-hybridized carbons (Fsp3) is 0.211. The van der Waals surface area contributed by atoms with Gasteiger partial charge in [-0.05, 0) is 173 Å². The molecule has 5 aromatic heterocycles. The quantitative estimate of drug-likeness (QED) is 0.142. The summed E-state index contributed by atoms with van der Waals surface area (Å²) >= 11 is 19.0. The summed E-state index contributed by atoms with van der Waals surface area (Å²) in [5, 5.41) is 7.59. The molecule has 0 aliphatic rings. The van der Waals surface area contributed by atoms with E-state index in [1.807, 2.05) is 11.3 Å². The normalized spacial score (nSPS) is 9.63. The van der Waals surface area contributed by atoms with Crippen LogP contribution in [0.1, 0.15) is 41.1 Å². The standard InChI is InChI=1S/C9H8S.C9H12.3C5H5BrS.C5H6S/c1-7-6-8-4-2-3-5-9(8)10-7;1-7-4-5-8(2)9(3)6-7;1-4-2-5(6)3-7-4;1-4-5(6)2-3-7-4;1-4-2-3-5(6)7-4;1-5-3-2-4-6-5/h2-6H,1H3;4-6H,1-3H3;3*2-3H,1H3;2-4H,1H3. The Kier molecular flexibility index (Phi) is 19.8. The second kappa shape index (κ2) is 22.3. The van der Waals surface area contributed by atoms with E-state index in [1.165, 1.54) is 63.9 Å². The Hall–Kier alpha value is -1.36. The predicted octanol–water partition coefficient (Wildman–Crippen LogP) is 16.3. The van der Waals surface area contributed by atoms with Crippen molar-refractivity contribution in [3.05, 3.63) is 155 Å². The van der Waals surface area contributed by atoms with Gasteiger partial charge in [0.2, 0.25) is 0 Å². The molecule has 0 aliphatic heterocycles. The first kappa shape index (κ1) is 40.8. The fourth-order valence-electron chi connectivity index (χ4n) is 3.55. The van der Waals surface area contributed by atoms with Crippen molar-refractivity contribution in [2.75, 3.05) is 0 Å². The number of hydrogen-bond donors (Lipinski definition) is 0. The zero-order chi connectivity index (χ0) is 34.1. The summed E-state index contributed by atoms with van der Waals surface area (Å²) < 4.78 is 5.01. The number of thiophene rings is 5. The highest BCUT2D eigenvalue weighted by molar-refractivity contribution is 9.11. The third-order valence-corrected chi connectivity index (χ3v) is 13.0. The van der Waals surface area contributed by atoms with Crippen molar-refractivity contribution >= 4 is 115 Å². The molecule has 0 radical (unpaired) electrons. The van der Waals surface area contributed by atoms with Gasteiger partial charge in [0.05, 0.1) is 3.79 Å². The van der Waals surface area contributed by atoms with E-state index in [0.29, 0.717) is 0 Å². The van der Waals surface area contributed by atoms with Crippen LogP contribution in [0.25, 0.3) is 10.1 Å². The zero-order valence-corrected chi connectivity index (χ0v) is 36.3. The highest BCUT2D eigenvalue weighted by Gasteiger charge is 1.94. The van der Waals surface area contributed by atoms with E-state index >= 15 is 0 Å². The summed E-state index contributed by atoms with van der Waals surface area (Å²) in [5.41, 5.74) is 4.11. The van der Waals surface area contributed by atoms with Gasteiger partial charge in [-0.25, -0.2) is 0 Å². The summed E-state index contributed by atoms with van der Waals surface area (Å²) in [7, 11) is 0. The Labute approximate surface area is 321 Å². The van der Waals surface area contributed by atoms with E-state index in [0.717, 1.165) is 0 Å². The molecule has 2 aromatic carbocycles. The first-order chi connectivity index (χ1) is 21.8. The lowest BCUT2D eigenvalue weighted by atomic mass is 10.1. The molecule has 0 saturated carbocycles. The highest BCUT2D eigenvalue weighted by Crippen LogP contribution is 2.24. The van der Waals surface area contributed by atoms with E-state index < -0.39 is 0 Å². The van der Waals surface area contributed by atoms with Crippen LogP contribution in [0.2, 0.25) is 0 Å². The summed E-state index contributed by atoms with van der Waals surface area (Å²) in [6.45, 7) is 16.9. The number of benzene rings is 2. The molecule has 244 valence electrons. The molecule has 7 rings (SSSR count). The molecule has 0 unspecified atom stereocenters. The Morgan fingerprint density at radius 2 is 1.24 bits per heavy atom. The molecule has 0 aliphatic carbocycles. The molecule has 0 atom stereocenters. The van der Waals surface area contributed by atoms with E-state index in [1.54, 1.807) is 45.3 Å². The summed E-state index contributed by atoms with van der Waals surface area (Å²) in [5.74, 6) is 0. The zero-order valence-electron chi connectivity index (χ0n) is 27.5. The molecule has 46 heavy (non-hydrogen) atoms. The Bertz CT molecular complexity index is 1700. The lowest BCUT2D eigenvalue weighted by molar-refractivity contribution is 1.30. The van der Waals surface area contributed by atoms with Crippen molar-refractivity contribution in [1.29, 1.82) is 0 Å². The summed E-state index contributed by atoms with van der Waals surface area (Å²) in [4.78, 5) is 6.83. The van der Waals surface area contributed by atoms with Crippen LogP contribution in [0.5, 0.6) is 0 Å². The molecular formula is C38H41Br3S5. The van der Waals surface area contributed by atoms with E-state index in [9.17, 15) is 0 Å². The van der Waals surface area contributed by atoms with Crippen LogP contribution in [0, 0.1) is 55.4 Å². The Morgan fingerprint density at radius 3 is 1.59 bits per heavy atom. The highest BCUT2D eigenvalue weighted by atomic mass is 79.9. The van der Waals surface area contributed by atoms with Gasteiger partial charge in [0.25, 0.3) is 0 Å². The first-order valence-corrected chi connectivity index (χ1v) is 21.1. The van der Waals surface area contributed by atoms with Gasteiger partial charge in [-0.15, -0.1) is 56.7 Å². The van der Waals surface area contributed by atoms with Crippen LogP contribution in [-0.2, 0) is 0 Å².